The number of nitrogens with zero attached hydrogens (tertiary/aromatic N) is 2. The van der Waals surface area contributed by atoms with E-state index in [-0.39, 0.29) is 39.1 Å². The van der Waals surface area contributed by atoms with Crippen molar-refractivity contribution in [1.29, 1.82) is 0 Å². The molecule has 224 valence electrons. The van der Waals surface area contributed by atoms with E-state index >= 15 is 0 Å². The number of anilines is 1. The van der Waals surface area contributed by atoms with Crippen LogP contribution in [0.1, 0.15) is 44.6 Å². The van der Waals surface area contributed by atoms with Gasteiger partial charge in [0.25, 0.3) is 10.0 Å². The Morgan fingerprint density at radius 1 is 0.952 bits per heavy atom. The maximum Gasteiger partial charge on any atom is 0.264 e. The zero-order valence-electron chi connectivity index (χ0n) is 23.6. The van der Waals surface area contributed by atoms with Crippen molar-refractivity contribution in [3.8, 4) is 5.75 Å². The number of carbonyl (C=O) groups excluding carboxylic acids is 2. The normalized spacial score (nSPS) is 14.6. The van der Waals surface area contributed by atoms with E-state index in [0.29, 0.717) is 5.75 Å². The van der Waals surface area contributed by atoms with Crippen LogP contribution in [-0.4, -0.2) is 50.9 Å². The van der Waals surface area contributed by atoms with Crippen LogP contribution in [0.5, 0.6) is 5.75 Å². The van der Waals surface area contributed by atoms with Crippen LogP contribution in [0.25, 0.3) is 0 Å². The van der Waals surface area contributed by atoms with Crippen LogP contribution in [0.3, 0.4) is 0 Å². The van der Waals surface area contributed by atoms with Crippen LogP contribution in [0.2, 0.25) is 10.0 Å². The van der Waals surface area contributed by atoms with E-state index < -0.39 is 28.5 Å². The SMILES string of the molecule is COc1cccc(CN(C(=O)CN(c2ccc(Cl)c(Cl)c2)S(=O)(=O)c2ccccc2)C(C)C(=O)NC2CCCCC2)c1. The van der Waals surface area contributed by atoms with Crippen LogP contribution in [0, 0.1) is 0 Å². The van der Waals surface area contributed by atoms with E-state index in [9.17, 15) is 18.0 Å². The van der Waals surface area contributed by atoms with Gasteiger partial charge in [0.05, 0.1) is 27.7 Å². The first-order valence-electron chi connectivity index (χ1n) is 13.9. The maximum absolute atomic E-state index is 14.1. The van der Waals surface area contributed by atoms with Gasteiger partial charge in [-0.15, -0.1) is 0 Å². The van der Waals surface area contributed by atoms with Crippen molar-refractivity contribution in [2.75, 3.05) is 18.0 Å². The van der Waals surface area contributed by atoms with Crippen molar-refractivity contribution in [3.63, 3.8) is 0 Å². The molecular weight excluding hydrogens is 597 g/mol. The molecule has 0 heterocycles. The second-order valence-corrected chi connectivity index (χ2v) is 13.0. The molecule has 0 radical (unpaired) electrons. The number of methoxy groups -OCH3 is 1. The molecule has 1 saturated carbocycles. The molecule has 42 heavy (non-hydrogen) atoms. The summed E-state index contributed by atoms with van der Waals surface area (Å²) in [6.07, 6.45) is 5.01. The van der Waals surface area contributed by atoms with Gasteiger partial charge < -0.3 is 15.0 Å². The summed E-state index contributed by atoms with van der Waals surface area (Å²) in [4.78, 5) is 28.9. The Morgan fingerprint density at radius 3 is 2.33 bits per heavy atom. The van der Waals surface area contributed by atoms with Crippen molar-refractivity contribution in [1.82, 2.24) is 10.2 Å². The Hall–Kier alpha value is -3.27. The molecule has 8 nitrogen and oxygen atoms in total. The third kappa shape index (κ3) is 7.76. The molecule has 3 aromatic carbocycles. The summed E-state index contributed by atoms with van der Waals surface area (Å²) in [6.45, 7) is 1.15. The summed E-state index contributed by atoms with van der Waals surface area (Å²) in [5, 5.41) is 3.48. The zero-order valence-corrected chi connectivity index (χ0v) is 26.0. The lowest BCUT2D eigenvalue weighted by Crippen LogP contribution is -2.53. The van der Waals surface area contributed by atoms with Crippen LogP contribution in [0.4, 0.5) is 5.69 Å². The van der Waals surface area contributed by atoms with Gasteiger partial charge in [-0.25, -0.2) is 8.42 Å². The monoisotopic (exact) mass is 631 g/mol. The number of sulfonamides is 1. The first-order chi connectivity index (χ1) is 20.1. The lowest BCUT2D eigenvalue weighted by Gasteiger charge is -2.33. The lowest BCUT2D eigenvalue weighted by atomic mass is 9.95. The maximum atomic E-state index is 14.1. The molecule has 1 unspecified atom stereocenters. The fraction of sp³-hybridized carbons (Fsp3) is 0.355. The number of amides is 2. The molecule has 11 heteroatoms. The molecule has 1 aliphatic rings. The van der Waals surface area contributed by atoms with Gasteiger partial charge in [0, 0.05) is 12.6 Å². The molecule has 1 fully saturated rings. The van der Waals surface area contributed by atoms with E-state index in [1.807, 2.05) is 6.07 Å². The van der Waals surface area contributed by atoms with E-state index in [4.69, 9.17) is 27.9 Å². The largest absolute Gasteiger partial charge is 0.497 e. The first kappa shape index (κ1) is 31.7. The van der Waals surface area contributed by atoms with Crippen molar-refractivity contribution >= 4 is 50.7 Å². The summed E-state index contributed by atoms with van der Waals surface area (Å²) in [5.74, 6) is -0.247. The van der Waals surface area contributed by atoms with Gasteiger partial charge in [-0.05, 0) is 67.8 Å². The van der Waals surface area contributed by atoms with Crippen molar-refractivity contribution in [2.45, 2.75) is 62.6 Å². The summed E-state index contributed by atoms with van der Waals surface area (Å²) < 4.78 is 34.1. The first-order valence-corrected chi connectivity index (χ1v) is 16.1. The minimum absolute atomic E-state index is 0.00584. The minimum atomic E-state index is -4.20. The number of carbonyl (C=O) groups is 2. The van der Waals surface area contributed by atoms with Gasteiger partial charge in [-0.1, -0.05) is 72.8 Å². The molecule has 2 amide bonds. The molecule has 4 rings (SSSR count). The van der Waals surface area contributed by atoms with Crippen molar-refractivity contribution in [3.05, 3.63) is 88.4 Å². The highest BCUT2D eigenvalue weighted by Gasteiger charge is 2.33. The summed E-state index contributed by atoms with van der Waals surface area (Å²) in [7, 11) is -2.65. The molecule has 0 bridgehead atoms. The van der Waals surface area contributed by atoms with Crippen LogP contribution in [-0.2, 0) is 26.2 Å². The third-order valence-corrected chi connectivity index (χ3v) is 9.93. The predicted octanol–water partition coefficient (Wildman–Crippen LogP) is 6.06. The molecule has 1 N–H and O–H groups in total. The average Bonchev–Trinajstić information content (AvgIpc) is 3.00. The standard InChI is InChI=1S/C31H35Cl2N3O5S/c1-22(31(38)34-24-11-5-3-6-12-24)35(20-23-10-9-13-26(18-23)41-2)30(37)21-36(25-16-17-28(32)29(33)19-25)42(39,40)27-14-7-4-8-15-27/h4,7-10,13-19,22,24H,3,5-6,11-12,20-21H2,1-2H3,(H,34,38). The fourth-order valence-corrected chi connectivity index (χ4v) is 6.73. The van der Waals surface area contributed by atoms with Crippen molar-refractivity contribution in [2.24, 2.45) is 0 Å². The number of rotatable bonds is 11. The van der Waals surface area contributed by atoms with E-state index in [0.717, 1.165) is 42.0 Å². The Bertz CT molecular complexity index is 1500. The predicted molar refractivity (Wildman–Crippen MR) is 165 cm³/mol. The second-order valence-electron chi connectivity index (χ2n) is 10.3. The lowest BCUT2D eigenvalue weighted by molar-refractivity contribution is -0.139. The topological polar surface area (TPSA) is 96.0 Å². The number of halogens is 2. The Kier molecular flexibility index (Phi) is 10.8. The summed E-state index contributed by atoms with van der Waals surface area (Å²) in [6, 6.07) is 18.6. The molecule has 1 atom stereocenters. The van der Waals surface area contributed by atoms with Crippen LogP contribution >= 0.6 is 23.2 Å². The number of hydrogen-bond acceptors (Lipinski definition) is 5. The van der Waals surface area contributed by atoms with E-state index in [1.165, 1.54) is 35.2 Å². The second kappa shape index (κ2) is 14.3. The number of benzene rings is 3. The van der Waals surface area contributed by atoms with Gasteiger partial charge in [0.1, 0.15) is 18.3 Å². The third-order valence-electron chi connectivity index (χ3n) is 7.41. The number of nitrogens with one attached hydrogen (secondary N) is 1. The van der Waals surface area contributed by atoms with E-state index in [1.54, 1.807) is 50.4 Å². The van der Waals surface area contributed by atoms with E-state index in [2.05, 4.69) is 5.32 Å². The summed E-state index contributed by atoms with van der Waals surface area (Å²) >= 11 is 12.4. The number of ether oxygens (including phenoxy) is 1. The van der Waals surface area contributed by atoms with Crippen molar-refractivity contribution < 1.29 is 22.7 Å². The Labute approximate surface area is 257 Å². The molecule has 0 saturated heterocycles. The highest BCUT2D eigenvalue weighted by molar-refractivity contribution is 7.92. The smallest absolute Gasteiger partial charge is 0.264 e. The highest BCUT2D eigenvalue weighted by atomic mass is 35.5. The molecular formula is C31H35Cl2N3O5S. The Balaban J connectivity index is 1.69. The van der Waals surface area contributed by atoms with Gasteiger partial charge in [0.2, 0.25) is 11.8 Å². The van der Waals surface area contributed by atoms with Gasteiger partial charge in [-0.3, -0.25) is 13.9 Å². The quantitative estimate of drug-likeness (QED) is 0.277. The minimum Gasteiger partial charge on any atom is -0.497 e. The molecule has 0 spiro atoms. The van der Waals surface area contributed by atoms with Gasteiger partial charge >= 0.3 is 0 Å². The zero-order chi connectivity index (χ0) is 30.3. The van der Waals surface area contributed by atoms with Crippen LogP contribution in [0.15, 0.2) is 77.7 Å². The summed E-state index contributed by atoms with van der Waals surface area (Å²) in [5.41, 5.74) is 0.897. The van der Waals surface area contributed by atoms with Gasteiger partial charge in [0.15, 0.2) is 0 Å². The Morgan fingerprint density at radius 2 is 1.67 bits per heavy atom. The molecule has 3 aromatic rings. The number of hydrogen-bond donors (Lipinski definition) is 1. The average molecular weight is 633 g/mol. The van der Waals surface area contributed by atoms with Gasteiger partial charge in [-0.2, -0.15) is 0 Å². The van der Waals surface area contributed by atoms with Crippen LogP contribution < -0.4 is 14.4 Å². The molecule has 0 aromatic heterocycles. The highest BCUT2D eigenvalue weighted by Crippen LogP contribution is 2.31. The molecule has 1 aliphatic carbocycles. The molecule has 0 aliphatic heterocycles. The fourth-order valence-electron chi connectivity index (χ4n) is 5.01.